The second-order valence-electron chi connectivity index (χ2n) is 17.9. The van der Waals surface area contributed by atoms with E-state index < -0.39 is 8.07 Å². The predicted octanol–water partition coefficient (Wildman–Crippen LogP) is 12.4. The molecule has 0 aliphatic heterocycles. The average molecular weight is 843 g/mol. The Morgan fingerprint density at radius 1 is 0.292 bits per heavy atom. The highest BCUT2D eigenvalue weighted by atomic mass is 28.3. The highest BCUT2D eigenvalue weighted by Crippen LogP contribution is 2.46. The molecule has 0 radical (unpaired) electrons. The largest absolute Gasteiger partial charge is 0.309 e. The molecule has 2 aliphatic carbocycles. The van der Waals surface area contributed by atoms with Crippen molar-refractivity contribution in [3.63, 3.8) is 0 Å². The van der Waals surface area contributed by atoms with Gasteiger partial charge in [0, 0.05) is 45.8 Å². The number of hydrogen-bond donors (Lipinski definition) is 0. The molecule has 3 heteroatoms. The monoisotopic (exact) mass is 842 g/mol. The summed E-state index contributed by atoms with van der Waals surface area (Å²) >= 11 is 0. The molecule has 65 heavy (non-hydrogen) atoms. The first-order chi connectivity index (χ1) is 32.3. The minimum absolute atomic E-state index is 0.903. The lowest BCUT2D eigenvalue weighted by atomic mass is 10.0. The van der Waals surface area contributed by atoms with E-state index in [1.807, 2.05) is 0 Å². The molecule has 2 heterocycles. The molecule has 14 rings (SSSR count). The van der Waals surface area contributed by atoms with Crippen LogP contribution in [0.1, 0.15) is 22.3 Å². The van der Waals surface area contributed by atoms with Crippen molar-refractivity contribution in [3.05, 3.63) is 253 Å². The third-order valence-electron chi connectivity index (χ3n) is 14.7. The number of hydrogen-bond acceptors (Lipinski definition) is 0. The van der Waals surface area contributed by atoms with Gasteiger partial charge >= 0.3 is 0 Å². The molecule has 2 nitrogen and oxygen atoms in total. The lowest BCUT2D eigenvalue weighted by Crippen LogP contribution is -2.74. The van der Waals surface area contributed by atoms with Crippen LogP contribution in [-0.2, 0) is 12.8 Å². The Kier molecular flexibility index (Phi) is 7.87. The van der Waals surface area contributed by atoms with Crippen LogP contribution in [0.2, 0.25) is 0 Å². The Labute approximate surface area is 378 Å². The predicted molar refractivity (Wildman–Crippen MR) is 275 cm³/mol. The van der Waals surface area contributed by atoms with Crippen LogP contribution in [0.3, 0.4) is 0 Å². The summed E-state index contributed by atoms with van der Waals surface area (Å²) in [5.74, 6) is 0. The van der Waals surface area contributed by atoms with Crippen LogP contribution < -0.4 is 20.7 Å². The van der Waals surface area contributed by atoms with Gasteiger partial charge in [0.1, 0.15) is 0 Å². The average Bonchev–Trinajstić information content (AvgIpc) is 4.13. The number of para-hydroxylation sites is 4. The summed E-state index contributed by atoms with van der Waals surface area (Å²) in [6.45, 7) is 0. The molecule has 0 unspecified atom stereocenters. The van der Waals surface area contributed by atoms with Gasteiger partial charge in [0.2, 0.25) is 0 Å². The molecule has 0 amide bonds. The third kappa shape index (κ3) is 5.16. The summed E-state index contributed by atoms with van der Waals surface area (Å²) in [6.07, 6.45) is 1.81. The molecule has 0 atom stereocenters. The maximum absolute atomic E-state index is 2.93. The molecule has 2 aliphatic rings. The fraction of sp³-hybridized carbons (Fsp3) is 0.0323. The molecule has 304 valence electrons. The number of nitrogens with zero attached hydrogens (tertiary/aromatic N) is 2. The normalized spacial score (nSPS) is 12.8. The fourth-order valence-corrected chi connectivity index (χ4v) is 16.8. The van der Waals surface area contributed by atoms with Crippen LogP contribution in [-0.4, -0.2) is 17.2 Å². The highest BCUT2D eigenvalue weighted by molar-refractivity contribution is 7.20. The van der Waals surface area contributed by atoms with E-state index in [0.29, 0.717) is 0 Å². The van der Waals surface area contributed by atoms with Gasteiger partial charge < -0.3 is 9.13 Å². The first-order valence-electron chi connectivity index (χ1n) is 22.9. The minimum atomic E-state index is -2.93. The van der Waals surface area contributed by atoms with Gasteiger partial charge in [-0.05, 0) is 102 Å². The SMILES string of the molecule is c1ccc(-n2c3ccccc3c3ccc4c(c32)Cc2ccc([Si](c3ccccc3)(c3ccccc3)c3ccc5c(c3)-c3ccc6c7ccccc7n(-c7ccccc7)c6c3C5)cc2-4)cc1. The van der Waals surface area contributed by atoms with E-state index in [-0.39, 0.29) is 0 Å². The van der Waals surface area contributed by atoms with Gasteiger partial charge in [0.05, 0.1) is 22.1 Å². The molecule has 0 spiro atoms. The first-order valence-corrected chi connectivity index (χ1v) is 24.9. The van der Waals surface area contributed by atoms with Crippen LogP contribution in [0, 0.1) is 0 Å². The second-order valence-corrected chi connectivity index (χ2v) is 21.7. The zero-order chi connectivity index (χ0) is 42.6. The Morgan fingerprint density at radius 3 is 1.11 bits per heavy atom. The van der Waals surface area contributed by atoms with Crippen molar-refractivity contribution < 1.29 is 0 Å². The number of rotatable bonds is 6. The van der Waals surface area contributed by atoms with Crippen molar-refractivity contribution in [2.45, 2.75) is 12.8 Å². The Balaban J connectivity index is 1.00. The standard InChI is InChI=1S/C62H42N2Si/c1-5-17-43(18-6-1)63-59-27-15-13-25-51(59)53-35-33-49-55-39-47(31-29-41(55)37-57(49)61(53)63)65(45-21-9-3-10-22-45,46-23-11-4-12-24-46)48-32-30-42-38-58-50(56(42)40-48)34-36-54-52-26-14-16-28-60(52)64(62(54)58)44-19-7-2-8-20-44/h1-36,39-40H,37-38H2. The van der Waals surface area contributed by atoms with Gasteiger partial charge in [0.15, 0.2) is 8.07 Å². The molecule has 0 saturated carbocycles. The zero-order valence-corrected chi connectivity index (χ0v) is 36.7. The van der Waals surface area contributed by atoms with Crippen molar-refractivity contribution in [3.8, 4) is 33.6 Å². The van der Waals surface area contributed by atoms with Gasteiger partial charge in [-0.1, -0.05) is 194 Å². The van der Waals surface area contributed by atoms with Crippen LogP contribution in [0.4, 0.5) is 0 Å². The number of benzene rings is 10. The van der Waals surface area contributed by atoms with E-state index in [9.17, 15) is 0 Å². The van der Waals surface area contributed by atoms with Gasteiger partial charge in [-0.2, -0.15) is 0 Å². The molecule has 0 bridgehead atoms. The smallest absolute Gasteiger partial charge is 0.179 e. The van der Waals surface area contributed by atoms with Crippen molar-refractivity contribution in [1.82, 2.24) is 9.13 Å². The lowest BCUT2D eigenvalue weighted by Gasteiger charge is -2.35. The summed E-state index contributed by atoms with van der Waals surface area (Å²) in [5, 5.41) is 10.8. The van der Waals surface area contributed by atoms with Crippen molar-refractivity contribution in [1.29, 1.82) is 0 Å². The van der Waals surface area contributed by atoms with E-state index in [4.69, 9.17) is 0 Å². The molecule has 10 aromatic carbocycles. The van der Waals surface area contributed by atoms with Crippen molar-refractivity contribution in [2.75, 3.05) is 0 Å². The van der Waals surface area contributed by atoms with Crippen molar-refractivity contribution in [2.24, 2.45) is 0 Å². The quantitative estimate of drug-likeness (QED) is 0.117. The van der Waals surface area contributed by atoms with Crippen LogP contribution in [0.5, 0.6) is 0 Å². The molecular weight excluding hydrogens is 801 g/mol. The fourth-order valence-electron chi connectivity index (χ4n) is 12.0. The Bertz CT molecular complexity index is 3610. The van der Waals surface area contributed by atoms with Crippen LogP contribution in [0.25, 0.3) is 77.2 Å². The summed E-state index contributed by atoms with van der Waals surface area (Å²) in [7, 11) is -2.93. The third-order valence-corrected chi connectivity index (χ3v) is 19.5. The topological polar surface area (TPSA) is 9.86 Å². The number of aromatic nitrogens is 2. The summed E-state index contributed by atoms with van der Waals surface area (Å²) in [6, 6.07) is 87.1. The second kappa shape index (κ2) is 14.0. The Hall–Kier alpha value is -7.98. The van der Waals surface area contributed by atoms with E-state index in [0.717, 1.165) is 12.8 Å². The molecular formula is C62H42N2Si. The van der Waals surface area contributed by atoms with Gasteiger partial charge in [0.25, 0.3) is 0 Å². The summed E-state index contributed by atoms with van der Waals surface area (Å²) in [4.78, 5) is 0. The van der Waals surface area contributed by atoms with E-state index in [2.05, 4.69) is 240 Å². The zero-order valence-electron chi connectivity index (χ0n) is 35.7. The van der Waals surface area contributed by atoms with Crippen LogP contribution >= 0.6 is 0 Å². The molecule has 12 aromatic rings. The molecule has 2 aromatic heterocycles. The molecule has 0 N–H and O–H groups in total. The molecule has 0 saturated heterocycles. The van der Waals surface area contributed by atoms with Gasteiger partial charge in [-0.3, -0.25) is 0 Å². The maximum Gasteiger partial charge on any atom is 0.179 e. The van der Waals surface area contributed by atoms with Crippen molar-refractivity contribution >= 4 is 72.4 Å². The van der Waals surface area contributed by atoms with E-state index in [1.54, 1.807) is 0 Å². The Morgan fingerprint density at radius 2 is 0.677 bits per heavy atom. The molecule has 0 fully saturated rings. The van der Waals surface area contributed by atoms with Gasteiger partial charge in [-0.25, -0.2) is 0 Å². The highest BCUT2D eigenvalue weighted by Gasteiger charge is 2.43. The number of fused-ring (bicyclic) bond motifs is 14. The van der Waals surface area contributed by atoms with E-state index in [1.165, 1.54) is 120 Å². The van der Waals surface area contributed by atoms with E-state index >= 15 is 0 Å². The summed E-state index contributed by atoms with van der Waals surface area (Å²) in [5.41, 5.74) is 18.6. The summed E-state index contributed by atoms with van der Waals surface area (Å²) < 4.78 is 5.00. The van der Waals surface area contributed by atoms with Gasteiger partial charge in [-0.15, -0.1) is 0 Å². The minimum Gasteiger partial charge on any atom is -0.309 e. The van der Waals surface area contributed by atoms with Crippen LogP contribution in [0.15, 0.2) is 231 Å². The lowest BCUT2D eigenvalue weighted by molar-refractivity contribution is 1.15. The first kappa shape index (κ1) is 36.5. The maximum atomic E-state index is 2.59.